The summed E-state index contributed by atoms with van der Waals surface area (Å²) in [6.07, 6.45) is 5.57. The highest BCUT2D eigenvalue weighted by molar-refractivity contribution is 5.82. The van der Waals surface area contributed by atoms with E-state index in [-0.39, 0.29) is 12.8 Å². The Kier molecular flexibility index (Phi) is 5.28. The molecular formula is C17H14O2. The zero-order valence-electron chi connectivity index (χ0n) is 10.7. The Morgan fingerprint density at radius 1 is 1.26 bits per heavy atom. The van der Waals surface area contributed by atoms with Gasteiger partial charge in [-0.2, -0.15) is 0 Å². The molecule has 0 bridgehead atoms. The third-order valence-electron chi connectivity index (χ3n) is 2.81. The molecule has 0 unspecified atom stereocenters. The van der Waals surface area contributed by atoms with Gasteiger partial charge in [0.15, 0.2) is 0 Å². The number of terminal acetylenes is 1. The van der Waals surface area contributed by atoms with Crippen LogP contribution in [-0.4, -0.2) is 11.1 Å². The van der Waals surface area contributed by atoms with Gasteiger partial charge in [-0.25, -0.2) is 0 Å². The molecule has 2 nitrogen and oxygen atoms in total. The summed E-state index contributed by atoms with van der Waals surface area (Å²) >= 11 is 0. The summed E-state index contributed by atoms with van der Waals surface area (Å²) in [7, 11) is 0. The molecule has 1 rings (SSSR count). The fourth-order valence-corrected chi connectivity index (χ4v) is 1.77. The molecule has 0 spiro atoms. The summed E-state index contributed by atoms with van der Waals surface area (Å²) in [5.74, 6) is 12.1. The van der Waals surface area contributed by atoms with E-state index in [0.29, 0.717) is 5.56 Å². The zero-order chi connectivity index (χ0) is 14.1. The Balaban J connectivity index is 3.23. The maximum absolute atomic E-state index is 11.7. The van der Waals surface area contributed by atoms with Crippen LogP contribution in [0.1, 0.15) is 25.3 Å². The lowest BCUT2D eigenvalue weighted by molar-refractivity contribution is -0.143. The average molecular weight is 250 g/mol. The molecule has 0 fully saturated rings. The maximum Gasteiger partial charge on any atom is 0.316 e. The van der Waals surface area contributed by atoms with Gasteiger partial charge in [-0.05, 0) is 24.3 Å². The van der Waals surface area contributed by atoms with E-state index in [2.05, 4.69) is 29.6 Å². The van der Waals surface area contributed by atoms with Crippen molar-refractivity contribution in [3.05, 3.63) is 35.9 Å². The van der Waals surface area contributed by atoms with Crippen LogP contribution in [0.3, 0.4) is 0 Å². The molecule has 0 aliphatic heterocycles. The van der Waals surface area contributed by atoms with E-state index in [9.17, 15) is 9.90 Å². The van der Waals surface area contributed by atoms with Gasteiger partial charge in [-0.1, -0.05) is 42.2 Å². The van der Waals surface area contributed by atoms with Crippen molar-refractivity contribution in [1.29, 1.82) is 0 Å². The molecule has 0 radical (unpaired) electrons. The minimum absolute atomic E-state index is 0.0978. The van der Waals surface area contributed by atoms with Crippen LogP contribution >= 0.6 is 0 Å². The smallest absolute Gasteiger partial charge is 0.316 e. The molecule has 0 heterocycles. The van der Waals surface area contributed by atoms with Crippen molar-refractivity contribution in [3.63, 3.8) is 0 Å². The number of carbonyl (C=O) groups is 1. The number of rotatable bonds is 4. The molecule has 19 heavy (non-hydrogen) atoms. The Labute approximate surface area is 113 Å². The van der Waals surface area contributed by atoms with Crippen molar-refractivity contribution >= 4 is 5.97 Å². The molecule has 1 atom stereocenters. The quantitative estimate of drug-likeness (QED) is 0.833. The minimum atomic E-state index is -1.17. The van der Waals surface area contributed by atoms with Gasteiger partial charge >= 0.3 is 5.97 Å². The van der Waals surface area contributed by atoms with Crippen LogP contribution in [0.5, 0.6) is 0 Å². The van der Waals surface area contributed by atoms with E-state index in [0.717, 1.165) is 0 Å². The van der Waals surface area contributed by atoms with Crippen molar-refractivity contribution in [2.24, 2.45) is 0 Å². The third-order valence-corrected chi connectivity index (χ3v) is 2.81. The molecule has 1 aromatic carbocycles. The lowest BCUT2D eigenvalue weighted by Crippen LogP contribution is -2.35. The summed E-state index contributed by atoms with van der Waals surface area (Å²) < 4.78 is 0. The van der Waals surface area contributed by atoms with Crippen LogP contribution in [0, 0.1) is 36.0 Å². The standard InChI is InChI=1S/C17H14O2/c1-3-5-6-10-14-17(13-4-2,16(18)19)15-11-8-7-9-12-15/h2,7-9,11-12H,13-14H2,1H3,(H,18,19)/t17-/m1/s1. The minimum Gasteiger partial charge on any atom is -0.481 e. The highest BCUT2D eigenvalue weighted by atomic mass is 16.4. The van der Waals surface area contributed by atoms with Crippen molar-refractivity contribution in [2.75, 3.05) is 0 Å². The summed E-state index contributed by atoms with van der Waals surface area (Å²) in [5, 5.41) is 9.57. The second-order valence-corrected chi connectivity index (χ2v) is 3.99. The van der Waals surface area contributed by atoms with Crippen molar-refractivity contribution in [1.82, 2.24) is 0 Å². The molecule has 0 aliphatic carbocycles. The van der Waals surface area contributed by atoms with E-state index < -0.39 is 11.4 Å². The highest BCUT2D eigenvalue weighted by Gasteiger charge is 2.39. The molecule has 94 valence electrons. The normalized spacial score (nSPS) is 11.8. The fourth-order valence-electron chi connectivity index (χ4n) is 1.77. The summed E-state index contributed by atoms with van der Waals surface area (Å²) in [6.45, 7) is 1.68. The first-order valence-electron chi connectivity index (χ1n) is 5.79. The topological polar surface area (TPSA) is 37.3 Å². The van der Waals surface area contributed by atoms with Gasteiger partial charge in [-0.3, -0.25) is 4.79 Å². The van der Waals surface area contributed by atoms with E-state index >= 15 is 0 Å². The average Bonchev–Trinajstić information content (AvgIpc) is 2.43. The first-order chi connectivity index (χ1) is 9.17. The van der Waals surface area contributed by atoms with Crippen LogP contribution in [-0.2, 0) is 10.2 Å². The van der Waals surface area contributed by atoms with Crippen LogP contribution in [0.25, 0.3) is 0 Å². The fraction of sp³-hybridized carbons (Fsp3) is 0.235. The molecule has 0 aromatic heterocycles. The molecule has 1 N–H and O–H groups in total. The number of hydrogen-bond donors (Lipinski definition) is 1. The maximum atomic E-state index is 11.7. The first kappa shape index (κ1) is 14.4. The van der Waals surface area contributed by atoms with Gasteiger partial charge in [0, 0.05) is 12.8 Å². The van der Waals surface area contributed by atoms with E-state index in [1.54, 1.807) is 31.2 Å². The van der Waals surface area contributed by atoms with Gasteiger partial charge in [0.25, 0.3) is 0 Å². The third kappa shape index (κ3) is 3.41. The number of aliphatic carboxylic acids is 1. The summed E-state index contributed by atoms with van der Waals surface area (Å²) in [4.78, 5) is 11.7. The predicted molar refractivity (Wildman–Crippen MR) is 75.0 cm³/mol. The van der Waals surface area contributed by atoms with Gasteiger partial charge in [0.2, 0.25) is 0 Å². The molecule has 2 heteroatoms. The van der Waals surface area contributed by atoms with Crippen LogP contribution in [0.4, 0.5) is 0 Å². The molecule has 0 saturated heterocycles. The Morgan fingerprint density at radius 2 is 1.95 bits per heavy atom. The van der Waals surface area contributed by atoms with Crippen LogP contribution in [0.15, 0.2) is 30.3 Å². The summed E-state index contributed by atoms with van der Waals surface area (Å²) in [6, 6.07) is 8.95. The second-order valence-electron chi connectivity index (χ2n) is 3.99. The monoisotopic (exact) mass is 250 g/mol. The Bertz CT molecular complexity index is 600. The Hall–Kier alpha value is -2.63. The number of hydrogen-bond acceptors (Lipinski definition) is 1. The van der Waals surface area contributed by atoms with Gasteiger partial charge < -0.3 is 5.11 Å². The van der Waals surface area contributed by atoms with Crippen molar-refractivity contribution < 1.29 is 9.90 Å². The van der Waals surface area contributed by atoms with E-state index in [4.69, 9.17) is 6.42 Å². The lowest BCUT2D eigenvalue weighted by Gasteiger charge is -2.25. The summed E-state index contributed by atoms with van der Waals surface area (Å²) in [5.41, 5.74) is -0.502. The molecular weight excluding hydrogens is 236 g/mol. The van der Waals surface area contributed by atoms with Gasteiger partial charge in [-0.15, -0.1) is 12.3 Å². The van der Waals surface area contributed by atoms with E-state index in [1.165, 1.54) is 0 Å². The van der Waals surface area contributed by atoms with Crippen LogP contribution < -0.4 is 0 Å². The molecule has 1 aromatic rings. The van der Waals surface area contributed by atoms with Crippen molar-refractivity contribution in [3.8, 4) is 36.0 Å². The van der Waals surface area contributed by atoms with E-state index in [1.807, 2.05) is 6.07 Å². The zero-order valence-corrected chi connectivity index (χ0v) is 10.7. The number of benzene rings is 1. The molecule has 0 amide bonds. The van der Waals surface area contributed by atoms with Gasteiger partial charge in [0.05, 0.1) is 0 Å². The largest absolute Gasteiger partial charge is 0.481 e. The first-order valence-corrected chi connectivity index (χ1v) is 5.79. The Morgan fingerprint density at radius 3 is 2.47 bits per heavy atom. The molecule has 0 saturated carbocycles. The van der Waals surface area contributed by atoms with Crippen LogP contribution in [0.2, 0.25) is 0 Å². The molecule has 0 aliphatic rings. The van der Waals surface area contributed by atoms with Gasteiger partial charge in [0.1, 0.15) is 5.41 Å². The van der Waals surface area contributed by atoms with Crippen molar-refractivity contribution in [2.45, 2.75) is 25.2 Å². The lowest BCUT2D eigenvalue weighted by atomic mass is 9.75. The second kappa shape index (κ2) is 6.95. The number of carboxylic acids is 1. The predicted octanol–water partition coefficient (Wildman–Crippen LogP) is 2.45. The SMILES string of the molecule is C#CC[C@](CC#CC#CC)(C(=O)O)c1ccccc1. The number of carboxylic acid groups (broad SMARTS) is 1. The highest BCUT2D eigenvalue weighted by Crippen LogP contribution is 2.31.